The van der Waals surface area contributed by atoms with Crippen LogP contribution in [0, 0.1) is 18.6 Å². The first-order valence-corrected chi connectivity index (χ1v) is 5.94. The Balaban J connectivity index is 2.19. The van der Waals surface area contributed by atoms with Crippen LogP contribution >= 0.6 is 0 Å². The summed E-state index contributed by atoms with van der Waals surface area (Å²) in [5.41, 5.74) is 1.05. The maximum atomic E-state index is 13.6. The Bertz CT molecular complexity index is 633. The number of nitrogens with one attached hydrogen (secondary N) is 1. The molecule has 106 valence electrons. The van der Waals surface area contributed by atoms with E-state index in [1.54, 1.807) is 19.1 Å². The van der Waals surface area contributed by atoms with E-state index in [2.05, 4.69) is 10.3 Å². The van der Waals surface area contributed by atoms with Crippen molar-refractivity contribution in [3.63, 3.8) is 0 Å². The van der Waals surface area contributed by atoms with Gasteiger partial charge < -0.3 is 15.2 Å². The molecule has 0 fully saturated rings. The van der Waals surface area contributed by atoms with Crippen molar-refractivity contribution in [1.82, 2.24) is 4.98 Å². The Morgan fingerprint density at radius 1 is 1.25 bits per heavy atom. The number of aromatic hydroxyl groups is 1. The van der Waals surface area contributed by atoms with Crippen LogP contribution in [0.4, 0.5) is 14.5 Å². The minimum atomic E-state index is -0.961. The van der Waals surface area contributed by atoms with Crippen LogP contribution in [0.2, 0.25) is 0 Å². The third kappa shape index (κ3) is 2.79. The molecule has 0 aliphatic heterocycles. The number of phenols is 1. The first kappa shape index (κ1) is 14.0. The van der Waals surface area contributed by atoms with E-state index in [1.165, 1.54) is 7.11 Å². The summed E-state index contributed by atoms with van der Waals surface area (Å²) in [6, 6.07) is 5.35. The van der Waals surface area contributed by atoms with Gasteiger partial charge in [0.25, 0.3) is 0 Å². The Morgan fingerprint density at radius 2 is 2.00 bits per heavy atom. The number of rotatable bonds is 4. The van der Waals surface area contributed by atoms with Crippen molar-refractivity contribution in [2.75, 3.05) is 12.4 Å². The van der Waals surface area contributed by atoms with Crippen molar-refractivity contribution >= 4 is 5.69 Å². The maximum Gasteiger partial charge on any atom is 0.213 e. The summed E-state index contributed by atoms with van der Waals surface area (Å²) in [5.74, 6) is -1.79. The molecule has 2 rings (SSSR count). The number of pyridine rings is 1. The van der Waals surface area contributed by atoms with Crippen molar-refractivity contribution in [2.24, 2.45) is 0 Å². The van der Waals surface area contributed by atoms with Gasteiger partial charge in [0.05, 0.1) is 18.5 Å². The number of nitrogens with zero attached hydrogens (tertiary/aromatic N) is 1. The first-order valence-electron chi connectivity index (χ1n) is 5.94. The Hall–Kier alpha value is -2.37. The fourth-order valence-electron chi connectivity index (χ4n) is 1.77. The molecule has 0 spiro atoms. The summed E-state index contributed by atoms with van der Waals surface area (Å²) < 4.78 is 32.1. The van der Waals surface area contributed by atoms with E-state index in [-0.39, 0.29) is 12.1 Å². The average molecular weight is 280 g/mol. The van der Waals surface area contributed by atoms with E-state index in [1.807, 2.05) is 0 Å². The molecular formula is C14H14F2N2O2. The lowest BCUT2D eigenvalue weighted by Crippen LogP contribution is -2.06. The van der Waals surface area contributed by atoms with Crippen molar-refractivity contribution in [3.8, 4) is 11.6 Å². The highest BCUT2D eigenvalue weighted by Crippen LogP contribution is 2.24. The van der Waals surface area contributed by atoms with Crippen molar-refractivity contribution < 1.29 is 18.6 Å². The second-order valence-electron chi connectivity index (χ2n) is 4.20. The molecule has 1 aromatic carbocycles. The largest absolute Gasteiger partial charge is 0.505 e. The quantitative estimate of drug-likeness (QED) is 0.904. The zero-order valence-electron chi connectivity index (χ0n) is 11.1. The molecule has 6 heteroatoms. The van der Waals surface area contributed by atoms with Crippen molar-refractivity contribution in [2.45, 2.75) is 13.5 Å². The summed E-state index contributed by atoms with van der Waals surface area (Å²) in [6.07, 6.45) is 0. The number of ether oxygens (including phenoxy) is 1. The van der Waals surface area contributed by atoms with Crippen molar-refractivity contribution in [1.29, 1.82) is 0 Å². The van der Waals surface area contributed by atoms with Gasteiger partial charge in [0, 0.05) is 18.2 Å². The van der Waals surface area contributed by atoms with Crippen molar-refractivity contribution in [3.05, 3.63) is 47.2 Å². The number of hydrogen-bond acceptors (Lipinski definition) is 4. The van der Waals surface area contributed by atoms with Crippen LogP contribution in [0.3, 0.4) is 0 Å². The fourth-order valence-corrected chi connectivity index (χ4v) is 1.77. The Labute approximate surface area is 115 Å². The van der Waals surface area contributed by atoms with Crippen LogP contribution in [0.1, 0.15) is 11.3 Å². The molecule has 1 heterocycles. The van der Waals surface area contributed by atoms with E-state index >= 15 is 0 Å². The third-order valence-electron chi connectivity index (χ3n) is 2.89. The van der Waals surface area contributed by atoms with Gasteiger partial charge in [0.2, 0.25) is 5.88 Å². The van der Waals surface area contributed by atoms with Gasteiger partial charge in [-0.15, -0.1) is 0 Å². The van der Waals surface area contributed by atoms with Crippen LogP contribution in [0.25, 0.3) is 0 Å². The maximum absolute atomic E-state index is 13.6. The van der Waals surface area contributed by atoms with Gasteiger partial charge in [-0.25, -0.2) is 13.8 Å². The molecule has 0 atom stereocenters. The topological polar surface area (TPSA) is 54.4 Å². The average Bonchev–Trinajstić information content (AvgIpc) is 2.44. The lowest BCUT2D eigenvalue weighted by molar-refractivity contribution is 0.397. The highest BCUT2D eigenvalue weighted by Gasteiger charge is 2.13. The van der Waals surface area contributed by atoms with E-state index in [4.69, 9.17) is 4.74 Å². The number of aryl methyl sites for hydroxylation is 1. The highest BCUT2D eigenvalue weighted by atomic mass is 19.1. The van der Waals surface area contributed by atoms with Gasteiger partial charge in [-0.2, -0.15) is 0 Å². The SMILES string of the molecule is COc1ccc(NCc2c(F)ccc(O)c2F)c(C)n1. The molecule has 2 aromatic rings. The number of halogens is 2. The molecular weight excluding hydrogens is 266 g/mol. The monoisotopic (exact) mass is 280 g/mol. The smallest absolute Gasteiger partial charge is 0.213 e. The second-order valence-corrected chi connectivity index (χ2v) is 4.20. The summed E-state index contributed by atoms with van der Waals surface area (Å²) >= 11 is 0. The molecule has 0 bridgehead atoms. The van der Waals surface area contributed by atoms with Crippen LogP contribution in [0.5, 0.6) is 11.6 Å². The summed E-state index contributed by atoms with van der Waals surface area (Å²) in [5, 5.41) is 12.1. The Morgan fingerprint density at radius 3 is 2.65 bits per heavy atom. The normalized spacial score (nSPS) is 10.4. The molecule has 0 radical (unpaired) electrons. The lowest BCUT2D eigenvalue weighted by atomic mass is 10.1. The number of anilines is 1. The minimum Gasteiger partial charge on any atom is -0.505 e. The third-order valence-corrected chi connectivity index (χ3v) is 2.89. The van der Waals surface area contributed by atoms with Gasteiger partial charge in [-0.1, -0.05) is 0 Å². The molecule has 1 aromatic heterocycles. The molecule has 2 N–H and O–H groups in total. The summed E-state index contributed by atoms with van der Waals surface area (Å²) in [4.78, 5) is 4.14. The van der Waals surface area contributed by atoms with Crippen LogP contribution in [0.15, 0.2) is 24.3 Å². The zero-order valence-corrected chi connectivity index (χ0v) is 11.1. The highest BCUT2D eigenvalue weighted by molar-refractivity contribution is 5.49. The molecule has 20 heavy (non-hydrogen) atoms. The fraction of sp³-hybridized carbons (Fsp3) is 0.214. The van der Waals surface area contributed by atoms with E-state index < -0.39 is 17.4 Å². The molecule has 0 aliphatic carbocycles. The van der Waals surface area contributed by atoms with Gasteiger partial charge in [0.15, 0.2) is 11.6 Å². The lowest BCUT2D eigenvalue weighted by Gasteiger charge is -2.11. The van der Waals surface area contributed by atoms with Gasteiger partial charge in [-0.3, -0.25) is 0 Å². The molecule has 0 aliphatic rings. The van der Waals surface area contributed by atoms with E-state index in [0.29, 0.717) is 17.3 Å². The van der Waals surface area contributed by atoms with Crippen LogP contribution < -0.4 is 10.1 Å². The van der Waals surface area contributed by atoms with Crippen LogP contribution in [-0.2, 0) is 6.54 Å². The number of aromatic nitrogens is 1. The standard InChI is InChI=1S/C14H14F2N2O2/c1-8-11(4-6-13(18-8)20-2)17-7-9-10(15)3-5-12(19)14(9)16/h3-6,17,19H,7H2,1-2H3. The molecule has 4 nitrogen and oxygen atoms in total. The van der Waals surface area contributed by atoms with Gasteiger partial charge in [0.1, 0.15) is 5.82 Å². The number of methoxy groups -OCH3 is 1. The van der Waals surface area contributed by atoms with E-state index in [0.717, 1.165) is 12.1 Å². The number of benzene rings is 1. The van der Waals surface area contributed by atoms with E-state index in [9.17, 15) is 13.9 Å². The number of hydrogen-bond donors (Lipinski definition) is 2. The molecule has 0 saturated heterocycles. The molecule has 0 amide bonds. The molecule has 0 unspecified atom stereocenters. The predicted molar refractivity (Wildman–Crippen MR) is 70.9 cm³/mol. The minimum absolute atomic E-state index is 0.0963. The Kier molecular flexibility index (Phi) is 4.02. The van der Waals surface area contributed by atoms with Gasteiger partial charge >= 0.3 is 0 Å². The predicted octanol–water partition coefficient (Wildman–Crippen LogP) is 2.99. The second kappa shape index (κ2) is 5.73. The molecule has 0 saturated carbocycles. The first-order chi connectivity index (χ1) is 9.52. The summed E-state index contributed by atoms with van der Waals surface area (Å²) in [7, 11) is 1.51. The van der Waals surface area contributed by atoms with Crippen LogP contribution in [-0.4, -0.2) is 17.2 Å². The van der Waals surface area contributed by atoms with Gasteiger partial charge in [-0.05, 0) is 25.1 Å². The zero-order chi connectivity index (χ0) is 14.7. The number of phenolic OH excluding ortho intramolecular Hbond substituents is 1. The summed E-state index contributed by atoms with van der Waals surface area (Å²) in [6.45, 7) is 1.65.